The molecule has 4 aliphatic rings. The van der Waals surface area contributed by atoms with Crippen LogP contribution in [-0.2, 0) is 9.84 Å². The van der Waals surface area contributed by atoms with Gasteiger partial charge in [0.2, 0.25) is 0 Å². The van der Waals surface area contributed by atoms with Crippen molar-refractivity contribution in [2.24, 2.45) is 5.41 Å². The number of rotatable bonds is 4. The summed E-state index contributed by atoms with van der Waals surface area (Å²) in [5, 5.41) is 0.0459. The highest BCUT2D eigenvalue weighted by molar-refractivity contribution is 7.93. The highest BCUT2D eigenvalue weighted by Crippen LogP contribution is 2.63. The second kappa shape index (κ2) is 6.11. The molecule has 0 saturated heterocycles. The number of sulfone groups is 1. The number of hydrogen-bond acceptors (Lipinski definition) is 5. The molecule has 29 heavy (non-hydrogen) atoms. The highest BCUT2D eigenvalue weighted by Gasteiger charge is 2.57. The molecule has 1 aliphatic heterocycles. The fourth-order valence-corrected chi connectivity index (χ4v) is 7.68. The Morgan fingerprint density at radius 2 is 1.93 bits per heavy atom. The van der Waals surface area contributed by atoms with Crippen molar-refractivity contribution in [3.63, 3.8) is 0 Å². The Hall–Kier alpha value is -1.79. The van der Waals surface area contributed by atoms with Gasteiger partial charge in [-0.1, -0.05) is 17.7 Å². The van der Waals surface area contributed by atoms with E-state index in [0.717, 1.165) is 55.5 Å². The van der Waals surface area contributed by atoms with Gasteiger partial charge in [-0.05, 0) is 74.3 Å². The summed E-state index contributed by atoms with van der Waals surface area (Å²) in [6.45, 7) is 0. The van der Waals surface area contributed by atoms with Gasteiger partial charge in [0.05, 0.1) is 5.25 Å². The zero-order chi connectivity index (χ0) is 19.8. The smallest absolute Gasteiger partial charge is 0.198 e. The lowest BCUT2D eigenvalue weighted by Crippen LogP contribution is -2.58. The molecular weight excluding hydrogens is 408 g/mol. The van der Waals surface area contributed by atoms with Crippen molar-refractivity contribution in [2.45, 2.75) is 61.1 Å². The van der Waals surface area contributed by atoms with E-state index in [1.165, 1.54) is 0 Å². The summed E-state index contributed by atoms with van der Waals surface area (Å²) in [5.41, 5.74) is 1.92. The van der Waals surface area contributed by atoms with Crippen LogP contribution >= 0.6 is 11.6 Å². The predicted molar refractivity (Wildman–Crippen MR) is 112 cm³/mol. The second-order valence-corrected chi connectivity index (χ2v) is 11.9. The van der Waals surface area contributed by atoms with Gasteiger partial charge in [-0.2, -0.15) is 0 Å². The Labute approximate surface area is 175 Å². The molecule has 1 spiro atoms. The molecule has 6 rings (SSSR count). The lowest BCUT2D eigenvalue weighted by atomic mass is 9.49. The maximum atomic E-state index is 12.8. The van der Waals surface area contributed by atoms with Gasteiger partial charge in [0.15, 0.2) is 26.7 Å². The number of nitrogens with zero attached hydrogens (tertiary/aromatic N) is 2. The van der Waals surface area contributed by atoms with Crippen LogP contribution in [0.15, 0.2) is 47.0 Å². The number of allylic oxidation sites excluding steroid dienone is 2. The third-order valence-electron chi connectivity index (χ3n) is 7.10. The summed E-state index contributed by atoms with van der Waals surface area (Å²) in [5.74, 6) is 1.16. The second-order valence-electron chi connectivity index (χ2n) is 9.18. The normalized spacial score (nSPS) is 33.8. The van der Waals surface area contributed by atoms with Crippen molar-refractivity contribution in [2.75, 3.05) is 0 Å². The Balaban J connectivity index is 1.13. The van der Waals surface area contributed by atoms with Crippen molar-refractivity contribution in [3.8, 4) is 0 Å². The van der Waals surface area contributed by atoms with E-state index in [-0.39, 0.29) is 5.25 Å². The monoisotopic (exact) mass is 430 g/mol. The molecule has 152 valence electrons. The maximum absolute atomic E-state index is 12.8. The fourth-order valence-electron chi connectivity index (χ4n) is 5.43. The number of hydrogen-bond donors (Lipinski definition) is 0. The summed E-state index contributed by atoms with van der Waals surface area (Å²) >= 11 is 6.05. The molecule has 0 N–H and O–H groups in total. The minimum absolute atomic E-state index is 0.138. The zero-order valence-electron chi connectivity index (χ0n) is 16.0. The molecule has 7 heteroatoms. The summed E-state index contributed by atoms with van der Waals surface area (Å²) in [4.78, 5) is 6.73. The van der Waals surface area contributed by atoms with Crippen molar-refractivity contribution in [1.29, 1.82) is 0 Å². The molecule has 0 bridgehead atoms. The van der Waals surface area contributed by atoms with Gasteiger partial charge in [0.25, 0.3) is 0 Å². The standard InChI is InChI=1S/C22H23ClN2O3S/c23-15-4-7-19-18(9-15)24-21(28-19)14-10-22(11-14)12-16(13-22)25-8-2-1-3-20(25)29(26,27)17-5-6-17/h1-4,7-9,14,16-17,20H,5-6,10-13H2. The van der Waals surface area contributed by atoms with Crippen molar-refractivity contribution < 1.29 is 12.8 Å². The van der Waals surface area contributed by atoms with Crippen LogP contribution in [0.3, 0.4) is 0 Å². The van der Waals surface area contributed by atoms with Crippen molar-refractivity contribution in [1.82, 2.24) is 9.88 Å². The lowest BCUT2D eigenvalue weighted by Gasteiger charge is -2.60. The molecule has 1 aromatic carbocycles. The first-order valence-corrected chi connectivity index (χ1v) is 12.3. The molecule has 3 fully saturated rings. The predicted octanol–water partition coefficient (Wildman–Crippen LogP) is 4.80. The molecule has 1 atom stereocenters. The van der Waals surface area contributed by atoms with Gasteiger partial charge in [0, 0.05) is 23.2 Å². The van der Waals surface area contributed by atoms with Crippen LogP contribution in [0.4, 0.5) is 0 Å². The maximum Gasteiger partial charge on any atom is 0.198 e. The van der Waals surface area contributed by atoms with Gasteiger partial charge in [-0.15, -0.1) is 0 Å². The summed E-state index contributed by atoms with van der Waals surface area (Å²) in [7, 11) is -3.11. The van der Waals surface area contributed by atoms with E-state index in [0.29, 0.717) is 22.4 Å². The number of benzene rings is 1. The Bertz CT molecular complexity index is 1130. The van der Waals surface area contributed by atoms with Crippen LogP contribution in [0, 0.1) is 5.41 Å². The van der Waals surface area contributed by atoms with E-state index < -0.39 is 15.2 Å². The van der Waals surface area contributed by atoms with Gasteiger partial charge in [-0.25, -0.2) is 13.4 Å². The third kappa shape index (κ3) is 2.87. The van der Waals surface area contributed by atoms with Crippen LogP contribution < -0.4 is 0 Å². The van der Waals surface area contributed by atoms with Gasteiger partial charge < -0.3 is 9.32 Å². The summed E-state index contributed by atoms with van der Waals surface area (Å²) in [6.07, 6.45) is 13.5. The Kier molecular flexibility index (Phi) is 3.80. The first-order valence-electron chi connectivity index (χ1n) is 10.3. The summed E-state index contributed by atoms with van der Waals surface area (Å²) < 4.78 is 31.6. The average molecular weight is 431 g/mol. The van der Waals surface area contributed by atoms with Crippen LogP contribution in [0.1, 0.15) is 50.3 Å². The van der Waals surface area contributed by atoms with E-state index >= 15 is 0 Å². The quantitative estimate of drug-likeness (QED) is 0.697. The summed E-state index contributed by atoms with van der Waals surface area (Å²) in [6, 6.07) is 5.84. The minimum Gasteiger partial charge on any atom is -0.440 e. The minimum atomic E-state index is -3.11. The molecule has 3 saturated carbocycles. The van der Waals surface area contributed by atoms with Crippen LogP contribution in [0.5, 0.6) is 0 Å². The van der Waals surface area contributed by atoms with E-state index in [9.17, 15) is 8.42 Å². The van der Waals surface area contributed by atoms with E-state index in [4.69, 9.17) is 16.0 Å². The molecule has 1 unspecified atom stereocenters. The SMILES string of the molecule is O=S(=O)(C1CC1)C1C=CC=CN1C1CC2(CC(c3nc4cc(Cl)ccc4o3)C2)C1. The Morgan fingerprint density at radius 3 is 2.69 bits per heavy atom. The molecule has 2 heterocycles. The van der Waals surface area contributed by atoms with Crippen LogP contribution in [0.2, 0.25) is 5.02 Å². The lowest BCUT2D eigenvalue weighted by molar-refractivity contribution is -0.0600. The first kappa shape index (κ1) is 18.0. The Morgan fingerprint density at radius 1 is 1.14 bits per heavy atom. The van der Waals surface area contributed by atoms with E-state index in [1.807, 2.05) is 42.6 Å². The van der Waals surface area contributed by atoms with Crippen LogP contribution in [-0.4, -0.2) is 35.0 Å². The topological polar surface area (TPSA) is 63.4 Å². The number of fused-ring (bicyclic) bond motifs is 1. The molecule has 3 aliphatic carbocycles. The molecular formula is C22H23ClN2O3S. The number of oxazole rings is 1. The third-order valence-corrected chi connectivity index (χ3v) is 9.81. The fraction of sp³-hybridized carbons (Fsp3) is 0.500. The van der Waals surface area contributed by atoms with Crippen molar-refractivity contribution >= 4 is 32.5 Å². The average Bonchev–Trinajstić information content (AvgIpc) is 3.41. The van der Waals surface area contributed by atoms with Gasteiger partial charge in [0.1, 0.15) is 5.52 Å². The number of halogens is 1. The molecule has 0 amide bonds. The highest BCUT2D eigenvalue weighted by atomic mass is 35.5. The molecule has 0 radical (unpaired) electrons. The molecule has 5 nitrogen and oxygen atoms in total. The van der Waals surface area contributed by atoms with Crippen molar-refractivity contribution in [3.05, 3.63) is 53.5 Å². The largest absolute Gasteiger partial charge is 0.440 e. The van der Waals surface area contributed by atoms with Gasteiger partial charge >= 0.3 is 0 Å². The van der Waals surface area contributed by atoms with E-state index in [2.05, 4.69) is 9.88 Å². The molecule has 2 aromatic rings. The van der Waals surface area contributed by atoms with Gasteiger partial charge in [-0.3, -0.25) is 0 Å². The first-order chi connectivity index (χ1) is 13.9. The number of aromatic nitrogens is 1. The molecule has 1 aromatic heterocycles. The van der Waals surface area contributed by atoms with Crippen LogP contribution in [0.25, 0.3) is 11.1 Å². The zero-order valence-corrected chi connectivity index (χ0v) is 17.6. The van der Waals surface area contributed by atoms with E-state index in [1.54, 1.807) is 0 Å².